The highest BCUT2D eigenvalue weighted by Gasteiger charge is 2.07. The highest BCUT2D eigenvalue weighted by molar-refractivity contribution is 5.92. The van der Waals surface area contributed by atoms with E-state index in [1.165, 1.54) is 5.56 Å². The standard InChI is InChI=1S/C16H17N3O/c1-2-13(14-8-4-3-5-9-14)12-18-19-16(20)15-10-6-7-11-17-15/h3-13H,2H2,1H3,(H,19,20)/b18-12+. The molecular weight excluding hydrogens is 250 g/mol. The fourth-order valence-electron chi connectivity index (χ4n) is 1.87. The summed E-state index contributed by atoms with van der Waals surface area (Å²) >= 11 is 0. The highest BCUT2D eigenvalue weighted by Crippen LogP contribution is 2.16. The summed E-state index contributed by atoms with van der Waals surface area (Å²) in [6.45, 7) is 2.09. The molecular formula is C16H17N3O. The summed E-state index contributed by atoms with van der Waals surface area (Å²) in [6.07, 6.45) is 4.26. The molecule has 0 fully saturated rings. The number of aromatic nitrogens is 1. The molecule has 0 saturated heterocycles. The van der Waals surface area contributed by atoms with Crippen LogP contribution in [-0.2, 0) is 0 Å². The smallest absolute Gasteiger partial charge is 0.266 e. The van der Waals surface area contributed by atoms with Crippen LogP contribution in [0.4, 0.5) is 0 Å². The van der Waals surface area contributed by atoms with Gasteiger partial charge >= 0.3 is 0 Å². The third-order valence-electron chi connectivity index (χ3n) is 2.99. The average molecular weight is 267 g/mol. The maximum atomic E-state index is 11.8. The Morgan fingerprint density at radius 3 is 2.65 bits per heavy atom. The monoisotopic (exact) mass is 267 g/mol. The first-order valence-electron chi connectivity index (χ1n) is 6.60. The second kappa shape index (κ2) is 7.19. The number of hydrogen-bond donors (Lipinski definition) is 1. The third kappa shape index (κ3) is 3.75. The van der Waals surface area contributed by atoms with Crippen molar-refractivity contribution in [3.63, 3.8) is 0 Å². The van der Waals surface area contributed by atoms with Crippen LogP contribution in [0.1, 0.15) is 35.3 Å². The number of hydrazone groups is 1. The Morgan fingerprint density at radius 2 is 2.00 bits per heavy atom. The van der Waals surface area contributed by atoms with Gasteiger partial charge in [0, 0.05) is 18.3 Å². The Kier molecular flexibility index (Phi) is 5.00. The number of nitrogens with zero attached hydrogens (tertiary/aromatic N) is 2. The molecule has 1 heterocycles. The molecule has 0 spiro atoms. The van der Waals surface area contributed by atoms with E-state index in [9.17, 15) is 4.79 Å². The molecule has 1 aromatic heterocycles. The van der Waals surface area contributed by atoms with Crippen molar-refractivity contribution in [1.82, 2.24) is 10.4 Å². The lowest BCUT2D eigenvalue weighted by atomic mass is 9.98. The third-order valence-corrected chi connectivity index (χ3v) is 2.99. The summed E-state index contributed by atoms with van der Waals surface area (Å²) in [5.74, 6) is -0.106. The number of benzene rings is 1. The van der Waals surface area contributed by atoms with E-state index in [1.54, 1.807) is 30.6 Å². The van der Waals surface area contributed by atoms with E-state index in [4.69, 9.17) is 0 Å². The van der Waals surface area contributed by atoms with Gasteiger partial charge < -0.3 is 0 Å². The molecule has 0 radical (unpaired) electrons. The molecule has 0 bridgehead atoms. The van der Waals surface area contributed by atoms with E-state index in [-0.39, 0.29) is 11.8 Å². The van der Waals surface area contributed by atoms with Crippen molar-refractivity contribution in [3.8, 4) is 0 Å². The number of hydrogen-bond acceptors (Lipinski definition) is 3. The van der Waals surface area contributed by atoms with Crippen LogP contribution in [0.25, 0.3) is 0 Å². The van der Waals surface area contributed by atoms with Gasteiger partial charge in [-0.15, -0.1) is 0 Å². The number of carbonyl (C=O) groups is 1. The van der Waals surface area contributed by atoms with E-state index in [0.717, 1.165) is 6.42 Å². The second-order valence-electron chi connectivity index (χ2n) is 4.36. The first-order chi connectivity index (χ1) is 9.81. The lowest BCUT2D eigenvalue weighted by Gasteiger charge is -2.09. The van der Waals surface area contributed by atoms with E-state index in [1.807, 2.05) is 18.2 Å². The van der Waals surface area contributed by atoms with Crippen molar-refractivity contribution >= 4 is 12.1 Å². The van der Waals surface area contributed by atoms with E-state index < -0.39 is 0 Å². The van der Waals surface area contributed by atoms with E-state index in [0.29, 0.717) is 5.69 Å². The molecule has 1 amide bonds. The number of rotatable bonds is 5. The zero-order chi connectivity index (χ0) is 14.2. The average Bonchev–Trinajstić information content (AvgIpc) is 2.53. The van der Waals surface area contributed by atoms with Crippen molar-refractivity contribution in [2.75, 3.05) is 0 Å². The minimum atomic E-state index is -0.301. The molecule has 1 unspecified atom stereocenters. The fraction of sp³-hybridized carbons (Fsp3) is 0.188. The van der Waals surface area contributed by atoms with Gasteiger partial charge in [-0.05, 0) is 24.1 Å². The molecule has 0 saturated carbocycles. The molecule has 20 heavy (non-hydrogen) atoms. The largest absolute Gasteiger partial charge is 0.289 e. The van der Waals surface area contributed by atoms with Crippen molar-refractivity contribution in [3.05, 3.63) is 66.0 Å². The second-order valence-corrected chi connectivity index (χ2v) is 4.36. The van der Waals surface area contributed by atoms with Gasteiger partial charge in [-0.2, -0.15) is 5.10 Å². The molecule has 1 aromatic carbocycles. The minimum absolute atomic E-state index is 0.195. The van der Waals surface area contributed by atoms with Crippen LogP contribution in [0.15, 0.2) is 59.8 Å². The van der Waals surface area contributed by atoms with Gasteiger partial charge in [0.25, 0.3) is 5.91 Å². The number of carbonyl (C=O) groups excluding carboxylic acids is 1. The van der Waals surface area contributed by atoms with Gasteiger partial charge in [-0.1, -0.05) is 43.3 Å². The Labute approximate surface area is 118 Å². The first kappa shape index (κ1) is 13.9. The van der Waals surface area contributed by atoms with Crippen LogP contribution in [0.5, 0.6) is 0 Å². The van der Waals surface area contributed by atoms with Gasteiger partial charge in [-0.3, -0.25) is 9.78 Å². The normalized spacial score (nSPS) is 12.2. The summed E-state index contributed by atoms with van der Waals surface area (Å²) in [7, 11) is 0. The summed E-state index contributed by atoms with van der Waals surface area (Å²) in [5, 5.41) is 4.03. The zero-order valence-corrected chi connectivity index (χ0v) is 11.4. The predicted molar refractivity (Wildman–Crippen MR) is 79.7 cm³/mol. The molecule has 4 heteroatoms. The van der Waals surface area contributed by atoms with Gasteiger partial charge in [-0.25, -0.2) is 5.43 Å². The lowest BCUT2D eigenvalue weighted by Crippen LogP contribution is -2.19. The zero-order valence-electron chi connectivity index (χ0n) is 11.4. The first-order valence-corrected chi connectivity index (χ1v) is 6.60. The Morgan fingerprint density at radius 1 is 1.25 bits per heavy atom. The maximum Gasteiger partial charge on any atom is 0.289 e. The van der Waals surface area contributed by atoms with Gasteiger partial charge in [0.2, 0.25) is 0 Å². The van der Waals surface area contributed by atoms with Gasteiger partial charge in [0.15, 0.2) is 0 Å². The van der Waals surface area contributed by atoms with Crippen LogP contribution >= 0.6 is 0 Å². The summed E-state index contributed by atoms with van der Waals surface area (Å²) in [4.78, 5) is 15.7. The minimum Gasteiger partial charge on any atom is -0.266 e. The lowest BCUT2D eigenvalue weighted by molar-refractivity contribution is 0.0950. The van der Waals surface area contributed by atoms with E-state index in [2.05, 4.69) is 34.6 Å². The van der Waals surface area contributed by atoms with Gasteiger partial charge in [0.05, 0.1) is 0 Å². The molecule has 1 atom stereocenters. The summed E-state index contributed by atoms with van der Waals surface area (Å²) < 4.78 is 0. The number of pyridine rings is 1. The molecule has 0 aliphatic carbocycles. The molecule has 102 valence electrons. The van der Waals surface area contributed by atoms with E-state index >= 15 is 0 Å². The van der Waals surface area contributed by atoms with Crippen LogP contribution in [0.2, 0.25) is 0 Å². The summed E-state index contributed by atoms with van der Waals surface area (Å²) in [6, 6.07) is 15.3. The fourth-order valence-corrected chi connectivity index (χ4v) is 1.87. The summed E-state index contributed by atoms with van der Waals surface area (Å²) in [5.41, 5.74) is 4.05. The van der Waals surface area contributed by atoms with Crippen molar-refractivity contribution in [1.29, 1.82) is 0 Å². The Balaban J connectivity index is 1.97. The van der Waals surface area contributed by atoms with Crippen LogP contribution in [0.3, 0.4) is 0 Å². The van der Waals surface area contributed by atoms with Crippen molar-refractivity contribution in [2.24, 2.45) is 5.10 Å². The topological polar surface area (TPSA) is 54.4 Å². The Hall–Kier alpha value is -2.49. The molecule has 0 aliphatic rings. The SMILES string of the molecule is CCC(/C=N/NC(=O)c1ccccn1)c1ccccc1. The maximum absolute atomic E-state index is 11.8. The van der Waals surface area contributed by atoms with Crippen LogP contribution in [0, 0.1) is 0 Å². The molecule has 1 N–H and O–H groups in total. The van der Waals surface area contributed by atoms with Crippen LogP contribution < -0.4 is 5.43 Å². The van der Waals surface area contributed by atoms with Crippen LogP contribution in [-0.4, -0.2) is 17.1 Å². The Bertz CT molecular complexity index is 567. The number of nitrogens with one attached hydrogen (secondary N) is 1. The molecule has 2 rings (SSSR count). The molecule has 4 nitrogen and oxygen atoms in total. The quantitative estimate of drug-likeness (QED) is 0.669. The van der Waals surface area contributed by atoms with Crippen molar-refractivity contribution in [2.45, 2.75) is 19.3 Å². The van der Waals surface area contributed by atoms with Gasteiger partial charge in [0.1, 0.15) is 5.69 Å². The highest BCUT2D eigenvalue weighted by atomic mass is 16.2. The molecule has 0 aliphatic heterocycles. The number of amides is 1. The predicted octanol–water partition coefficient (Wildman–Crippen LogP) is 2.99. The van der Waals surface area contributed by atoms with Crippen molar-refractivity contribution < 1.29 is 4.79 Å². The molecule has 2 aromatic rings.